The number of rotatable bonds is 4. The van der Waals surface area contributed by atoms with Crippen LogP contribution in [0.3, 0.4) is 0 Å². The third-order valence-corrected chi connectivity index (χ3v) is 4.88. The Morgan fingerprint density at radius 1 is 1.35 bits per heavy atom. The van der Waals surface area contributed by atoms with E-state index in [0.717, 1.165) is 54.2 Å². The molecular weight excluding hydrogens is 332 g/mol. The second-order valence-electron chi connectivity index (χ2n) is 6.81. The Morgan fingerprint density at radius 3 is 3.00 bits per heavy atom. The van der Waals surface area contributed by atoms with Crippen LogP contribution in [0.4, 0.5) is 0 Å². The van der Waals surface area contributed by atoms with Crippen molar-refractivity contribution in [3.05, 3.63) is 53.3 Å². The molecule has 0 saturated carbocycles. The SMILES string of the molecule is COC(=O)c1oc(CN2CCC[C@@H](c3nc4ccccc4o3)C2)cc1C. The molecule has 1 saturated heterocycles. The number of aryl methyl sites for hydroxylation is 1. The van der Waals surface area contributed by atoms with Crippen LogP contribution in [-0.4, -0.2) is 36.1 Å². The summed E-state index contributed by atoms with van der Waals surface area (Å²) in [7, 11) is 1.36. The lowest BCUT2D eigenvalue weighted by atomic mass is 9.98. The van der Waals surface area contributed by atoms with Crippen LogP contribution in [-0.2, 0) is 11.3 Å². The molecule has 1 aliphatic rings. The van der Waals surface area contributed by atoms with Gasteiger partial charge in [-0.3, -0.25) is 4.90 Å². The molecule has 0 aliphatic carbocycles. The smallest absolute Gasteiger partial charge is 0.374 e. The number of aromatic nitrogens is 1. The van der Waals surface area contributed by atoms with Crippen molar-refractivity contribution in [2.24, 2.45) is 0 Å². The first kappa shape index (κ1) is 16.8. The van der Waals surface area contributed by atoms with E-state index in [1.165, 1.54) is 7.11 Å². The van der Waals surface area contributed by atoms with Gasteiger partial charge in [-0.25, -0.2) is 9.78 Å². The maximum Gasteiger partial charge on any atom is 0.374 e. The number of hydrogen-bond donors (Lipinski definition) is 0. The van der Waals surface area contributed by atoms with Gasteiger partial charge in [-0.05, 0) is 44.5 Å². The van der Waals surface area contributed by atoms with Gasteiger partial charge in [0.15, 0.2) is 11.5 Å². The van der Waals surface area contributed by atoms with E-state index in [1.807, 2.05) is 37.3 Å². The first-order valence-corrected chi connectivity index (χ1v) is 8.89. The molecule has 4 rings (SSSR count). The molecule has 0 radical (unpaired) electrons. The number of carbonyl (C=O) groups excluding carboxylic acids is 1. The lowest BCUT2D eigenvalue weighted by Gasteiger charge is -2.30. The maximum atomic E-state index is 11.7. The van der Waals surface area contributed by atoms with E-state index in [4.69, 9.17) is 13.6 Å². The quantitative estimate of drug-likeness (QED) is 0.662. The fourth-order valence-electron chi connectivity index (χ4n) is 3.61. The normalized spacial score (nSPS) is 18.3. The number of fused-ring (bicyclic) bond motifs is 1. The van der Waals surface area contributed by atoms with Crippen molar-refractivity contribution in [1.29, 1.82) is 0 Å². The number of likely N-dealkylation sites (tertiary alicyclic amines) is 1. The number of hydrogen-bond acceptors (Lipinski definition) is 6. The third-order valence-electron chi connectivity index (χ3n) is 4.88. The minimum Gasteiger partial charge on any atom is -0.463 e. The molecule has 3 heterocycles. The molecule has 0 bridgehead atoms. The zero-order valence-corrected chi connectivity index (χ0v) is 15.0. The van der Waals surface area contributed by atoms with Crippen LogP contribution in [0.25, 0.3) is 11.1 Å². The van der Waals surface area contributed by atoms with E-state index in [-0.39, 0.29) is 11.7 Å². The number of piperidine rings is 1. The number of benzene rings is 1. The summed E-state index contributed by atoms with van der Waals surface area (Å²) < 4.78 is 16.4. The van der Waals surface area contributed by atoms with Gasteiger partial charge in [0.25, 0.3) is 0 Å². The lowest BCUT2D eigenvalue weighted by molar-refractivity contribution is 0.0559. The summed E-state index contributed by atoms with van der Waals surface area (Å²) >= 11 is 0. The highest BCUT2D eigenvalue weighted by atomic mass is 16.5. The molecular formula is C20H22N2O4. The average molecular weight is 354 g/mol. The van der Waals surface area contributed by atoms with E-state index >= 15 is 0 Å². The molecule has 0 spiro atoms. The van der Waals surface area contributed by atoms with Crippen LogP contribution in [0.1, 0.15) is 46.5 Å². The molecule has 26 heavy (non-hydrogen) atoms. The van der Waals surface area contributed by atoms with Crippen molar-refractivity contribution in [2.45, 2.75) is 32.2 Å². The van der Waals surface area contributed by atoms with Crippen LogP contribution in [0.15, 0.2) is 39.2 Å². The van der Waals surface area contributed by atoms with E-state index in [0.29, 0.717) is 6.54 Å². The van der Waals surface area contributed by atoms with Crippen molar-refractivity contribution in [3.8, 4) is 0 Å². The molecule has 3 aromatic rings. The summed E-state index contributed by atoms with van der Waals surface area (Å²) in [4.78, 5) is 18.7. The summed E-state index contributed by atoms with van der Waals surface area (Å²) in [5.74, 6) is 1.71. The Morgan fingerprint density at radius 2 is 2.19 bits per heavy atom. The maximum absolute atomic E-state index is 11.7. The van der Waals surface area contributed by atoms with E-state index in [2.05, 4.69) is 9.88 Å². The molecule has 1 atom stereocenters. The number of esters is 1. The van der Waals surface area contributed by atoms with Crippen LogP contribution in [0.5, 0.6) is 0 Å². The monoisotopic (exact) mass is 354 g/mol. The highest BCUT2D eigenvalue weighted by molar-refractivity contribution is 5.87. The minimum atomic E-state index is -0.434. The zero-order chi connectivity index (χ0) is 18.1. The molecule has 0 unspecified atom stereocenters. The van der Waals surface area contributed by atoms with Crippen LogP contribution < -0.4 is 0 Å². The van der Waals surface area contributed by atoms with E-state index in [9.17, 15) is 4.79 Å². The summed E-state index contributed by atoms with van der Waals surface area (Å²) in [6.07, 6.45) is 2.14. The Kier molecular flexibility index (Phi) is 4.51. The number of ether oxygens (including phenoxy) is 1. The third kappa shape index (κ3) is 3.24. The predicted molar refractivity (Wildman–Crippen MR) is 96.0 cm³/mol. The summed E-state index contributed by atoms with van der Waals surface area (Å²) in [6, 6.07) is 9.77. The molecule has 1 fully saturated rings. The molecule has 6 heteroatoms. The van der Waals surface area contributed by atoms with Gasteiger partial charge in [-0.2, -0.15) is 0 Å². The van der Waals surface area contributed by atoms with Crippen molar-refractivity contribution in [3.63, 3.8) is 0 Å². The summed E-state index contributed by atoms with van der Waals surface area (Å²) in [5, 5.41) is 0. The number of furan rings is 1. The first-order valence-electron chi connectivity index (χ1n) is 8.89. The molecule has 136 valence electrons. The summed E-state index contributed by atoms with van der Waals surface area (Å²) in [5.41, 5.74) is 2.55. The van der Waals surface area contributed by atoms with Gasteiger partial charge >= 0.3 is 5.97 Å². The number of para-hydroxylation sites is 2. The first-order chi connectivity index (χ1) is 12.6. The van der Waals surface area contributed by atoms with E-state index < -0.39 is 5.97 Å². The standard InChI is InChI=1S/C20H22N2O4/c1-13-10-15(25-18(13)20(23)24-2)12-22-9-5-6-14(11-22)19-21-16-7-3-4-8-17(16)26-19/h3-4,7-8,10,14H,5-6,9,11-12H2,1-2H3/t14-/m1/s1. The van der Waals surface area contributed by atoms with Crippen molar-refractivity contribution < 1.29 is 18.4 Å². The molecule has 0 amide bonds. The van der Waals surface area contributed by atoms with Gasteiger partial charge in [-0.1, -0.05) is 12.1 Å². The number of nitrogens with zero attached hydrogens (tertiary/aromatic N) is 2. The predicted octanol–water partition coefficient (Wildman–Crippen LogP) is 3.90. The fourth-order valence-corrected chi connectivity index (χ4v) is 3.61. The minimum absolute atomic E-state index is 0.271. The van der Waals surface area contributed by atoms with E-state index in [1.54, 1.807) is 0 Å². The van der Waals surface area contributed by atoms with Crippen LogP contribution in [0, 0.1) is 6.92 Å². The Hall–Kier alpha value is -2.60. The van der Waals surface area contributed by atoms with Gasteiger partial charge in [0.1, 0.15) is 11.3 Å². The molecule has 2 aromatic heterocycles. The Bertz CT molecular complexity index is 894. The van der Waals surface area contributed by atoms with Crippen molar-refractivity contribution >= 4 is 17.1 Å². The zero-order valence-electron chi connectivity index (χ0n) is 15.0. The molecule has 1 aliphatic heterocycles. The van der Waals surface area contributed by atoms with Gasteiger partial charge < -0.3 is 13.6 Å². The lowest BCUT2D eigenvalue weighted by Crippen LogP contribution is -2.33. The largest absolute Gasteiger partial charge is 0.463 e. The second-order valence-corrected chi connectivity index (χ2v) is 6.81. The number of methoxy groups -OCH3 is 1. The molecule has 6 nitrogen and oxygen atoms in total. The molecule has 0 N–H and O–H groups in total. The average Bonchev–Trinajstić information content (AvgIpc) is 3.24. The van der Waals surface area contributed by atoms with Gasteiger partial charge in [0, 0.05) is 18.0 Å². The summed E-state index contributed by atoms with van der Waals surface area (Å²) in [6.45, 7) is 4.37. The van der Waals surface area contributed by atoms with Crippen LogP contribution >= 0.6 is 0 Å². The fraction of sp³-hybridized carbons (Fsp3) is 0.400. The van der Waals surface area contributed by atoms with Gasteiger partial charge in [0.05, 0.1) is 13.7 Å². The number of oxazole rings is 1. The highest BCUT2D eigenvalue weighted by Crippen LogP contribution is 2.30. The number of carbonyl (C=O) groups is 1. The highest BCUT2D eigenvalue weighted by Gasteiger charge is 2.26. The molecule has 1 aromatic carbocycles. The topological polar surface area (TPSA) is 68.7 Å². The van der Waals surface area contributed by atoms with Gasteiger partial charge in [-0.15, -0.1) is 0 Å². The Labute approximate surface area is 151 Å². The van der Waals surface area contributed by atoms with Crippen molar-refractivity contribution in [1.82, 2.24) is 9.88 Å². The van der Waals surface area contributed by atoms with Crippen molar-refractivity contribution in [2.75, 3.05) is 20.2 Å². The second kappa shape index (κ2) is 6.96. The Balaban J connectivity index is 1.47. The van der Waals surface area contributed by atoms with Gasteiger partial charge in [0.2, 0.25) is 5.76 Å². The van der Waals surface area contributed by atoms with Crippen LogP contribution in [0.2, 0.25) is 0 Å².